The van der Waals surface area contributed by atoms with Gasteiger partial charge in [-0.05, 0) is 85.4 Å². The largest absolute Gasteiger partial charge is 0.494 e. The Bertz CT molecular complexity index is 1190. The molecule has 3 aromatic carbocycles. The van der Waals surface area contributed by atoms with Crippen LogP contribution in [0.1, 0.15) is 70.9 Å². The lowest BCUT2D eigenvalue weighted by Gasteiger charge is -2.36. The van der Waals surface area contributed by atoms with Crippen molar-refractivity contribution in [2.24, 2.45) is 0 Å². The van der Waals surface area contributed by atoms with Crippen molar-refractivity contribution < 1.29 is 9.31 Å². The molecule has 0 aromatic heterocycles. The SMILES string of the molecule is CC1(C)OB(c2ccc(-c3ccc4c(c3)C3(CCCCC3)c3ccccc3-4)cc2)OC1(C)C. The van der Waals surface area contributed by atoms with Crippen LogP contribution in [0.4, 0.5) is 0 Å². The minimum Gasteiger partial charge on any atom is -0.399 e. The van der Waals surface area contributed by atoms with Gasteiger partial charge in [-0.2, -0.15) is 0 Å². The second-order valence-corrected chi connectivity index (χ2v) is 11.2. The number of fused-ring (bicyclic) bond motifs is 5. The molecule has 0 unspecified atom stereocenters. The molecule has 3 aromatic rings. The van der Waals surface area contributed by atoms with Gasteiger partial charge in [0.15, 0.2) is 0 Å². The Balaban J connectivity index is 1.35. The highest BCUT2D eigenvalue weighted by Crippen LogP contribution is 2.56. The topological polar surface area (TPSA) is 18.5 Å². The normalized spacial score (nSPS) is 21.8. The summed E-state index contributed by atoms with van der Waals surface area (Å²) in [5.74, 6) is 0. The first-order valence-electron chi connectivity index (χ1n) is 12.5. The van der Waals surface area contributed by atoms with Crippen LogP contribution in [0.3, 0.4) is 0 Å². The summed E-state index contributed by atoms with van der Waals surface area (Å²) in [5.41, 5.74) is 9.15. The molecule has 1 spiro atoms. The summed E-state index contributed by atoms with van der Waals surface area (Å²) in [7, 11) is -0.316. The van der Waals surface area contributed by atoms with Crippen molar-refractivity contribution in [1.29, 1.82) is 0 Å². The second kappa shape index (κ2) is 7.32. The smallest absolute Gasteiger partial charge is 0.399 e. The van der Waals surface area contributed by atoms with E-state index in [0.717, 1.165) is 5.46 Å². The Morgan fingerprint density at radius 1 is 0.636 bits per heavy atom. The van der Waals surface area contributed by atoms with Gasteiger partial charge in [-0.15, -0.1) is 0 Å². The molecule has 0 amide bonds. The lowest BCUT2D eigenvalue weighted by Crippen LogP contribution is -2.41. The summed E-state index contributed by atoms with van der Waals surface area (Å²) >= 11 is 0. The molecule has 0 radical (unpaired) electrons. The Morgan fingerprint density at radius 3 is 1.94 bits per heavy atom. The summed E-state index contributed by atoms with van der Waals surface area (Å²) in [4.78, 5) is 0. The molecule has 168 valence electrons. The van der Waals surface area contributed by atoms with Crippen LogP contribution in [0.15, 0.2) is 66.7 Å². The number of benzene rings is 3. The second-order valence-electron chi connectivity index (χ2n) is 11.2. The van der Waals surface area contributed by atoms with Crippen LogP contribution in [0.25, 0.3) is 22.3 Å². The molecular weight excluding hydrogens is 403 g/mol. The van der Waals surface area contributed by atoms with E-state index in [1.807, 2.05) is 0 Å². The van der Waals surface area contributed by atoms with E-state index in [0.29, 0.717) is 0 Å². The number of hydrogen-bond acceptors (Lipinski definition) is 2. The molecule has 1 heterocycles. The van der Waals surface area contributed by atoms with E-state index in [4.69, 9.17) is 9.31 Å². The highest BCUT2D eigenvalue weighted by molar-refractivity contribution is 6.62. The summed E-state index contributed by atoms with van der Waals surface area (Å²) in [6.45, 7) is 8.41. The van der Waals surface area contributed by atoms with E-state index in [-0.39, 0.29) is 23.7 Å². The Kier molecular flexibility index (Phi) is 4.70. The average molecular weight is 436 g/mol. The minimum absolute atomic E-state index is 0.197. The number of hydrogen-bond donors (Lipinski definition) is 0. The van der Waals surface area contributed by atoms with E-state index in [1.165, 1.54) is 59.9 Å². The Morgan fingerprint density at radius 2 is 1.24 bits per heavy atom. The summed E-state index contributed by atoms with van der Waals surface area (Å²) in [5, 5.41) is 0. The predicted molar refractivity (Wildman–Crippen MR) is 137 cm³/mol. The predicted octanol–water partition coefficient (Wildman–Crippen LogP) is 6.88. The molecule has 1 saturated carbocycles. The third-order valence-electron chi connectivity index (χ3n) is 8.74. The maximum Gasteiger partial charge on any atom is 0.494 e. The molecule has 3 aliphatic rings. The van der Waals surface area contributed by atoms with Crippen molar-refractivity contribution in [3.8, 4) is 22.3 Å². The highest BCUT2D eigenvalue weighted by Gasteiger charge is 2.51. The first kappa shape index (κ1) is 21.2. The van der Waals surface area contributed by atoms with E-state index in [2.05, 4.69) is 94.4 Å². The molecule has 1 aliphatic heterocycles. The first-order valence-corrected chi connectivity index (χ1v) is 12.5. The van der Waals surface area contributed by atoms with Crippen LogP contribution >= 0.6 is 0 Å². The fourth-order valence-electron chi connectivity index (χ4n) is 6.14. The van der Waals surface area contributed by atoms with Crippen LogP contribution < -0.4 is 5.46 Å². The molecule has 0 bridgehead atoms. The molecule has 3 heteroatoms. The van der Waals surface area contributed by atoms with Crippen LogP contribution in [0.2, 0.25) is 0 Å². The van der Waals surface area contributed by atoms with Crippen LogP contribution in [0, 0.1) is 0 Å². The summed E-state index contributed by atoms with van der Waals surface area (Å²) < 4.78 is 12.5. The quantitative estimate of drug-likeness (QED) is 0.408. The summed E-state index contributed by atoms with van der Waals surface area (Å²) in [6.07, 6.45) is 6.53. The van der Waals surface area contributed by atoms with E-state index < -0.39 is 0 Å². The van der Waals surface area contributed by atoms with Crippen molar-refractivity contribution in [2.75, 3.05) is 0 Å². The van der Waals surface area contributed by atoms with Gasteiger partial charge in [-0.1, -0.05) is 79.9 Å². The van der Waals surface area contributed by atoms with Gasteiger partial charge < -0.3 is 9.31 Å². The van der Waals surface area contributed by atoms with Crippen molar-refractivity contribution in [3.05, 3.63) is 77.9 Å². The van der Waals surface area contributed by atoms with Gasteiger partial charge in [0.05, 0.1) is 11.2 Å². The molecule has 1 saturated heterocycles. The molecule has 2 nitrogen and oxygen atoms in total. The Hall–Kier alpha value is -2.36. The molecule has 0 atom stereocenters. The molecule has 6 rings (SSSR count). The maximum absolute atomic E-state index is 6.24. The third kappa shape index (κ3) is 3.16. The zero-order chi connectivity index (χ0) is 22.8. The fourth-order valence-corrected chi connectivity index (χ4v) is 6.14. The number of rotatable bonds is 2. The highest BCUT2D eigenvalue weighted by atomic mass is 16.7. The zero-order valence-corrected chi connectivity index (χ0v) is 20.3. The lowest BCUT2D eigenvalue weighted by atomic mass is 9.67. The first-order chi connectivity index (χ1) is 15.8. The monoisotopic (exact) mass is 436 g/mol. The van der Waals surface area contributed by atoms with Gasteiger partial charge in [-0.3, -0.25) is 0 Å². The van der Waals surface area contributed by atoms with E-state index >= 15 is 0 Å². The zero-order valence-electron chi connectivity index (χ0n) is 20.3. The average Bonchev–Trinajstić information content (AvgIpc) is 3.21. The van der Waals surface area contributed by atoms with Crippen molar-refractivity contribution in [1.82, 2.24) is 0 Å². The van der Waals surface area contributed by atoms with Crippen molar-refractivity contribution in [2.45, 2.75) is 76.4 Å². The van der Waals surface area contributed by atoms with Crippen LogP contribution in [-0.2, 0) is 14.7 Å². The van der Waals surface area contributed by atoms with Crippen LogP contribution in [0.5, 0.6) is 0 Å². The van der Waals surface area contributed by atoms with E-state index in [9.17, 15) is 0 Å². The molecule has 2 aliphatic carbocycles. The van der Waals surface area contributed by atoms with Crippen LogP contribution in [-0.4, -0.2) is 18.3 Å². The maximum atomic E-state index is 6.24. The molecule has 2 fully saturated rings. The third-order valence-corrected chi connectivity index (χ3v) is 8.74. The van der Waals surface area contributed by atoms with Gasteiger partial charge in [0.25, 0.3) is 0 Å². The fraction of sp³-hybridized carbons (Fsp3) is 0.400. The Labute approximate surface area is 198 Å². The molecule has 33 heavy (non-hydrogen) atoms. The lowest BCUT2D eigenvalue weighted by molar-refractivity contribution is 0.00578. The standard InChI is InChI=1S/C30H33BO2/c1-28(2)29(3,4)33-31(32-28)23-15-12-21(13-16-23)22-14-17-25-24-10-6-7-11-26(24)30(27(25)20-22)18-8-5-9-19-30/h6-7,10-17,20H,5,8-9,18-19H2,1-4H3. The van der Waals surface area contributed by atoms with Crippen molar-refractivity contribution >= 4 is 12.6 Å². The minimum atomic E-state index is -0.320. The summed E-state index contributed by atoms with van der Waals surface area (Å²) in [6, 6.07) is 25.0. The van der Waals surface area contributed by atoms with Gasteiger partial charge in [0, 0.05) is 5.41 Å². The van der Waals surface area contributed by atoms with Gasteiger partial charge in [0.2, 0.25) is 0 Å². The van der Waals surface area contributed by atoms with Crippen molar-refractivity contribution in [3.63, 3.8) is 0 Å². The molecular formula is C30H33BO2. The van der Waals surface area contributed by atoms with Gasteiger partial charge >= 0.3 is 7.12 Å². The molecule has 0 N–H and O–H groups in total. The van der Waals surface area contributed by atoms with Gasteiger partial charge in [0.1, 0.15) is 0 Å². The van der Waals surface area contributed by atoms with E-state index in [1.54, 1.807) is 5.56 Å². The van der Waals surface area contributed by atoms with Gasteiger partial charge in [-0.25, -0.2) is 0 Å².